The van der Waals surface area contributed by atoms with Gasteiger partial charge < -0.3 is 26.8 Å². The van der Waals surface area contributed by atoms with Gasteiger partial charge in [-0.05, 0) is 75.5 Å². The molecule has 3 amide bonds. The third-order valence-electron chi connectivity index (χ3n) is 7.61. The van der Waals surface area contributed by atoms with Gasteiger partial charge in [0.1, 0.15) is 23.7 Å². The number of primary amides is 2. The molecule has 0 spiro atoms. The first kappa shape index (κ1) is 35.4. The van der Waals surface area contributed by atoms with Crippen molar-refractivity contribution >= 4 is 51.7 Å². The number of likely N-dealkylation sites (N-methyl/N-ethyl adjacent to an activating group) is 1. The number of aromatic nitrogens is 2. The standard InChI is InChI=1S/C25H29ClFN5O3.C7H14N2O/c1-35-22-14-21-18(25(31-15-30-21)32-17-8-9-20(27)19(26)13-17)12-16(22)10-11-29-24(34)7-5-3-2-4-6-23(28)33;1-9-5-3-2-4-6(9)7(8)10/h8-9,12-15H,2-7,10-11H2,1H3,(H2,28,33)(H,29,34)(H,30,31,32);6H,2-5H2,1H3,(H2,8,10). The second kappa shape index (κ2) is 18.1. The number of hydrogen-bond donors (Lipinski definition) is 4. The van der Waals surface area contributed by atoms with Crippen molar-refractivity contribution in [3.63, 3.8) is 0 Å². The van der Waals surface area contributed by atoms with Gasteiger partial charge in [0, 0.05) is 36.5 Å². The van der Waals surface area contributed by atoms with Gasteiger partial charge in [-0.3, -0.25) is 19.3 Å². The van der Waals surface area contributed by atoms with Crippen molar-refractivity contribution < 1.29 is 23.5 Å². The fraction of sp³-hybridized carbons (Fsp3) is 0.469. The molecular formula is C32H43ClFN7O4. The molecule has 11 nitrogen and oxygen atoms in total. The van der Waals surface area contributed by atoms with E-state index in [1.54, 1.807) is 13.2 Å². The molecule has 0 bridgehead atoms. The number of likely N-dealkylation sites (tertiary alicyclic amines) is 1. The van der Waals surface area contributed by atoms with Gasteiger partial charge in [0.15, 0.2) is 0 Å². The van der Waals surface area contributed by atoms with Crippen LogP contribution in [0, 0.1) is 5.82 Å². The van der Waals surface area contributed by atoms with Crippen molar-refractivity contribution in [1.82, 2.24) is 20.2 Å². The quantitative estimate of drug-likeness (QED) is 0.185. The lowest BCUT2D eigenvalue weighted by molar-refractivity contribution is -0.124. The lowest BCUT2D eigenvalue weighted by atomic mass is 10.0. The molecule has 2 heterocycles. The average molecular weight is 644 g/mol. The lowest BCUT2D eigenvalue weighted by Gasteiger charge is -2.29. The van der Waals surface area contributed by atoms with E-state index in [0.29, 0.717) is 48.6 Å². The van der Waals surface area contributed by atoms with Crippen LogP contribution < -0.4 is 26.8 Å². The van der Waals surface area contributed by atoms with Crippen LogP contribution >= 0.6 is 11.6 Å². The summed E-state index contributed by atoms with van der Waals surface area (Å²) in [7, 11) is 3.54. The number of amides is 3. The molecule has 1 fully saturated rings. The monoisotopic (exact) mass is 643 g/mol. The highest BCUT2D eigenvalue weighted by Gasteiger charge is 2.23. The molecule has 13 heteroatoms. The van der Waals surface area contributed by atoms with Gasteiger partial charge in [-0.15, -0.1) is 0 Å². The zero-order chi connectivity index (χ0) is 32.8. The van der Waals surface area contributed by atoms with Crippen molar-refractivity contribution in [3.8, 4) is 5.75 Å². The number of ether oxygens (including phenoxy) is 1. The first-order valence-corrected chi connectivity index (χ1v) is 15.5. The zero-order valence-corrected chi connectivity index (χ0v) is 26.7. The number of hydrogen-bond acceptors (Lipinski definition) is 8. The molecule has 0 saturated carbocycles. The van der Waals surface area contributed by atoms with Gasteiger partial charge in [0.2, 0.25) is 17.7 Å². The predicted molar refractivity (Wildman–Crippen MR) is 174 cm³/mol. The maximum Gasteiger partial charge on any atom is 0.234 e. The Balaban J connectivity index is 0.000000468. The Kier molecular flexibility index (Phi) is 14.2. The number of fused-ring (bicyclic) bond motifs is 1. The molecule has 4 rings (SSSR count). The minimum atomic E-state index is -0.498. The minimum Gasteiger partial charge on any atom is -0.496 e. The van der Waals surface area contributed by atoms with Crippen LogP contribution in [0.5, 0.6) is 5.75 Å². The molecule has 2 aromatic carbocycles. The summed E-state index contributed by atoms with van der Waals surface area (Å²) in [6.45, 7) is 1.46. The summed E-state index contributed by atoms with van der Waals surface area (Å²) in [6, 6.07) is 8.09. The van der Waals surface area contributed by atoms with E-state index < -0.39 is 5.82 Å². The fourth-order valence-electron chi connectivity index (χ4n) is 5.12. The molecule has 244 valence electrons. The van der Waals surface area contributed by atoms with Crippen LogP contribution in [0.25, 0.3) is 10.9 Å². The third-order valence-corrected chi connectivity index (χ3v) is 7.90. The highest BCUT2D eigenvalue weighted by Crippen LogP contribution is 2.31. The van der Waals surface area contributed by atoms with Crippen LogP contribution in [-0.4, -0.2) is 65.9 Å². The zero-order valence-electron chi connectivity index (χ0n) is 25.9. The molecule has 1 aliphatic heterocycles. The van der Waals surface area contributed by atoms with E-state index in [9.17, 15) is 18.8 Å². The van der Waals surface area contributed by atoms with Gasteiger partial charge in [0.25, 0.3) is 0 Å². The Morgan fingerprint density at radius 3 is 2.47 bits per heavy atom. The topological polar surface area (TPSA) is 166 Å². The Bertz CT molecular complexity index is 1460. The van der Waals surface area contributed by atoms with Crippen molar-refractivity contribution in [2.24, 2.45) is 11.5 Å². The molecule has 0 radical (unpaired) electrons. The molecule has 6 N–H and O–H groups in total. The molecule has 3 aromatic rings. The third kappa shape index (κ3) is 11.4. The number of anilines is 2. The molecule has 1 aliphatic rings. The largest absolute Gasteiger partial charge is 0.496 e. The summed E-state index contributed by atoms with van der Waals surface area (Å²) in [5.74, 6) is 0.224. The van der Waals surface area contributed by atoms with Crippen molar-refractivity contribution in [1.29, 1.82) is 0 Å². The number of halogens is 2. The number of carbonyl (C=O) groups excluding carboxylic acids is 3. The highest BCUT2D eigenvalue weighted by molar-refractivity contribution is 6.31. The van der Waals surface area contributed by atoms with E-state index in [0.717, 1.165) is 56.0 Å². The van der Waals surface area contributed by atoms with Crippen LogP contribution in [0.15, 0.2) is 36.7 Å². The molecule has 45 heavy (non-hydrogen) atoms. The van der Waals surface area contributed by atoms with Gasteiger partial charge in [-0.25, -0.2) is 14.4 Å². The summed E-state index contributed by atoms with van der Waals surface area (Å²) >= 11 is 5.90. The Morgan fingerprint density at radius 2 is 1.82 bits per heavy atom. The van der Waals surface area contributed by atoms with E-state index in [1.165, 1.54) is 24.9 Å². The molecule has 1 unspecified atom stereocenters. The summed E-state index contributed by atoms with van der Waals surface area (Å²) in [5, 5.41) is 6.87. The van der Waals surface area contributed by atoms with Crippen LogP contribution in [0.3, 0.4) is 0 Å². The number of rotatable bonds is 14. The van der Waals surface area contributed by atoms with Gasteiger partial charge >= 0.3 is 0 Å². The Morgan fingerprint density at radius 1 is 1.07 bits per heavy atom. The van der Waals surface area contributed by atoms with Gasteiger partial charge in [-0.1, -0.05) is 30.9 Å². The van der Waals surface area contributed by atoms with Gasteiger partial charge in [0.05, 0.1) is 23.7 Å². The normalized spacial score (nSPS) is 14.7. The van der Waals surface area contributed by atoms with E-state index in [2.05, 4.69) is 20.6 Å². The van der Waals surface area contributed by atoms with Crippen molar-refractivity contribution in [2.75, 3.05) is 32.6 Å². The number of carbonyl (C=O) groups is 3. The summed E-state index contributed by atoms with van der Waals surface area (Å²) in [6.07, 6.45) is 9.37. The maximum atomic E-state index is 13.5. The summed E-state index contributed by atoms with van der Waals surface area (Å²) < 4.78 is 19.0. The second-order valence-electron chi connectivity index (χ2n) is 11.0. The average Bonchev–Trinajstić information content (AvgIpc) is 3.01. The molecule has 1 atom stereocenters. The number of nitrogens with two attached hydrogens (primary N) is 2. The number of benzene rings is 2. The van der Waals surface area contributed by atoms with Crippen LogP contribution in [0.1, 0.15) is 63.4 Å². The fourth-order valence-corrected chi connectivity index (χ4v) is 5.30. The van der Waals surface area contributed by atoms with E-state index in [1.807, 2.05) is 24.1 Å². The Hall–Kier alpha value is -4.03. The summed E-state index contributed by atoms with van der Waals surface area (Å²) in [4.78, 5) is 44.3. The molecule has 1 aromatic heterocycles. The molecule has 0 aliphatic carbocycles. The van der Waals surface area contributed by atoms with Crippen LogP contribution in [0.2, 0.25) is 5.02 Å². The molecular weight excluding hydrogens is 601 g/mol. The molecule has 1 saturated heterocycles. The second-order valence-corrected chi connectivity index (χ2v) is 11.4. The first-order chi connectivity index (χ1) is 21.6. The smallest absolute Gasteiger partial charge is 0.234 e. The Labute approximate surface area is 268 Å². The summed E-state index contributed by atoms with van der Waals surface area (Å²) in [5.41, 5.74) is 12.5. The SMILES string of the molecule is CN1CCCCC1C(N)=O.COc1cc2ncnc(Nc3ccc(F)c(Cl)c3)c2cc1CCNC(=O)CCCCCCC(N)=O. The van der Waals surface area contributed by atoms with Crippen LogP contribution in [0.4, 0.5) is 15.9 Å². The predicted octanol–water partition coefficient (Wildman–Crippen LogP) is 4.62. The van der Waals surface area contributed by atoms with E-state index in [4.69, 9.17) is 27.8 Å². The van der Waals surface area contributed by atoms with E-state index >= 15 is 0 Å². The van der Waals surface area contributed by atoms with Crippen molar-refractivity contribution in [2.45, 2.75) is 70.3 Å². The highest BCUT2D eigenvalue weighted by atomic mass is 35.5. The van der Waals surface area contributed by atoms with E-state index in [-0.39, 0.29) is 28.8 Å². The lowest BCUT2D eigenvalue weighted by Crippen LogP contribution is -2.45. The number of unbranched alkanes of at least 4 members (excludes halogenated alkanes) is 3. The van der Waals surface area contributed by atoms with Crippen molar-refractivity contribution in [3.05, 3.63) is 53.1 Å². The maximum absolute atomic E-state index is 13.5. The minimum absolute atomic E-state index is 0.00579. The number of methoxy groups -OCH3 is 1. The number of nitrogens with one attached hydrogen (secondary N) is 2. The van der Waals surface area contributed by atoms with Crippen LogP contribution in [-0.2, 0) is 20.8 Å². The number of nitrogens with zero attached hydrogens (tertiary/aromatic N) is 3. The number of piperidine rings is 1. The van der Waals surface area contributed by atoms with Gasteiger partial charge in [-0.2, -0.15) is 0 Å². The first-order valence-electron chi connectivity index (χ1n) is 15.2.